The van der Waals surface area contributed by atoms with Crippen molar-refractivity contribution in [2.75, 3.05) is 12.3 Å². The van der Waals surface area contributed by atoms with Crippen LogP contribution in [0.1, 0.15) is 29.7 Å². The van der Waals surface area contributed by atoms with Gasteiger partial charge in [-0.15, -0.1) is 0 Å². The highest BCUT2D eigenvalue weighted by Gasteiger charge is 2.26. The summed E-state index contributed by atoms with van der Waals surface area (Å²) in [6, 6.07) is 9.57. The molecule has 1 aliphatic rings. The zero-order chi connectivity index (χ0) is 15.0. The molecule has 2 N–H and O–H groups in total. The van der Waals surface area contributed by atoms with E-state index in [0.717, 1.165) is 24.2 Å². The van der Waals surface area contributed by atoms with Gasteiger partial charge in [-0.1, -0.05) is 18.2 Å². The molecule has 0 saturated carbocycles. The predicted molar refractivity (Wildman–Crippen MR) is 79.7 cm³/mol. The first kappa shape index (κ1) is 14.0. The minimum atomic E-state index is -0.491. The van der Waals surface area contributed by atoms with Crippen LogP contribution in [0.5, 0.6) is 0 Å². The van der Waals surface area contributed by atoms with E-state index in [0.29, 0.717) is 6.54 Å². The number of nitrogen functional groups attached to an aromatic ring is 1. The summed E-state index contributed by atoms with van der Waals surface area (Å²) in [5.74, 6) is -0.983. The highest BCUT2D eigenvalue weighted by molar-refractivity contribution is 5.51. The van der Waals surface area contributed by atoms with Crippen molar-refractivity contribution in [3.8, 4) is 0 Å². The lowest BCUT2D eigenvalue weighted by Crippen LogP contribution is -2.34. The van der Waals surface area contributed by atoms with Gasteiger partial charge >= 0.3 is 0 Å². The fourth-order valence-corrected chi connectivity index (χ4v) is 3.05. The van der Waals surface area contributed by atoms with Crippen LogP contribution < -0.4 is 5.73 Å². The van der Waals surface area contributed by atoms with E-state index in [1.807, 2.05) is 19.1 Å². The Hall–Kier alpha value is -1.94. The third kappa shape index (κ3) is 2.51. The van der Waals surface area contributed by atoms with Gasteiger partial charge in [0.05, 0.1) is 0 Å². The van der Waals surface area contributed by atoms with Crippen molar-refractivity contribution in [2.45, 2.75) is 25.9 Å². The zero-order valence-corrected chi connectivity index (χ0v) is 11.9. The lowest BCUT2D eigenvalue weighted by atomic mass is 9.95. The fourth-order valence-electron chi connectivity index (χ4n) is 3.05. The number of nitrogens with zero attached hydrogens (tertiary/aromatic N) is 1. The standard InChI is InChI=1S/C17H18F2N2/c1-11(17-14(18)5-3-6-15(17)19)21-9-8-12-4-2-7-16(20)13(12)10-21/h2-7,11H,8-10,20H2,1H3. The van der Waals surface area contributed by atoms with E-state index in [-0.39, 0.29) is 11.6 Å². The Labute approximate surface area is 123 Å². The Morgan fingerprint density at radius 3 is 2.48 bits per heavy atom. The molecule has 2 aromatic carbocycles. The van der Waals surface area contributed by atoms with Crippen LogP contribution >= 0.6 is 0 Å². The molecule has 1 atom stereocenters. The molecule has 1 unspecified atom stereocenters. The number of hydrogen-bond acceptors (Lipinski definition) is 2. The third-order valence-corrected chi connectivity index (χ3v) is 4.30. The number of benzene rings is 2. The van der Waals surface area contributed by atoms with Crippen molar-refractivity contribution in [1.82, 2.24) is 4.90 Å². The topological polar surface area (TPSA) is 29.3 Å². The van der Waals surface area contributed by atoms with Crippen molar-refractivity contribution in [3.63, 3.8) is 0 Å². The summed E-state index contributed by atoms with van der Waals surface area (Å²) >= 11 is 0. The second kappa shape index (κ2) is 5.45. The average molecular weight is 288 g/mol. The van der Waals surface area contributed by atoms with E-state index in [1.54, 1.807) is 0 Å². The van der Waals surface area contributed by atoms with Crippen LogP contribution in [0.15, 0.2) is 36.4 Å². The van der Waals surface area contributed by atoms with E-state index >= 15 is 0 Å². The molecule has 2 nitrogen and oxygen atoms in total. The van der Waals surface area contributed by atoms with Crippen molar-refractivity contribution >= 4 is 5.69 Å². The van der Waals surface area contributed by atoms with E-state index < -0.39 is 11.6 Å². The summed E-state index contributed by atoms with van der Waals surface area (Å²) in [7, 11) is 0. The second-order valence-corrected chi connectivity index (χ2v) is 5.52. The molecule has 0 fully saturated rings. The van der Waals surface area contributed by atoms with Crippen molar-refractivity contribution < 1.29 is 8.78 Å². The number of fused-ring (bicyclic) bond motifs is 1. The lowest BCUT2D eigenvalue weighted by Gasteiger charge is -2.34. The van der Waals surface area contributed by atoms with Crippen molar-refractivity contribution in [3.05, 3.63) is 64.7 Å². The number of hydrogen-bond donors (Lipinski definition) is 1. The minimum Gasteiger partial charge on any atom is -0.398 e. The van der Waals surface area contributed by atoms with Gasteiger partial charge in [0.1, 0.15) is 11.6 Å². The normalized spacial score (nSPS) is 16.5. The molecule has 1 heterocycles. The second-order valence-electron chi connectivity index (χ2n) is 5.52. The Morgan fingerprint density at radius 2 is 1.76 bits per heavy atom. The van der Waals surface area contributed by atoms with Crippen LogP contribution in [-0.4, -0.2) is 11.4 Å². The van der Waals surface area contributed by atoms with Gasteiger partial charge in [0, 0.05) is 30.4 Å². The van der Waals surface area contributed by atoms with Crippen molar-refractivity contribution in [2.24, 2.45) is 0 Å². The lowest BCUT2D eigenvalue weighted by molar-refractivity contribution is 0.185. The molecule has 4 heteroatoms. The number of anilines is 1. The summed E-state index contributed by atoms with van der Waals surface area (Å²) in [5.41, 5.74) is 9.22. The Bertz CT molecular complexity index is 650. The maximum atomic E-state index is 13.9. The molecule has 1 aliphatic heterocycles. The largest absolute Gasteiger partial charge is 0.398 e. The molecule has 0 aliphatic carbocycles. The van der Waals surface area contributed by atoms with Gasteiger partial charge in [-0.3, -0.25) is 4.90 Å². The molecule has 0 aromatic heterocycles. The summed E-state index contributed by atoms with van der Waals surface area (Å²) in [6.45, 7) is 3.23. The van der Waals surface area contributed by atoms with Crippen LogP contribution in [0.2, 0.25) is 0 Å². The number of halogens is 2. The minimum absolute atomic E-state index is 0.135. The van der Waals surface area contributed by atoms with Crippen LogP contribution in [0, 0.1) is 11.6 Å². The van der Waals surface area contributed by atoms with E-state index in [1.165, 1.54) is 23.8 Å². The van der Waals surface area contributed by atoms with E-state index in [4.69, 9.17) is 5.73 Å². The first-order valence-corrected chi connectivity index (χ1v) is 7.12. The molecule has 2 aromatic rings. The number of nitrogens with two attached hydrogens (primary N) is 1. The molecule has 3 rings (SSSR count). The first-order valence-electron chi connectivity index (χ1n) is 7.12. The molecule has 110 valence electrons. The molecule has 21 heavy (non-hydrogen) atoms. The fraction of sp³-hybridized carbons (Fsp3) is 0.294. The van der Waals surface area contributed by atoms with Gasteiger partial charge in [0.25, 0.3) is 0 Å². The monoisotopic (exact) mass is 288 g/mol. The van der Waals surface area contributed by atoms with Crippen LogP contribution in [0.25, 0.3) is 0 Å². The summed E-state index contributed by atoms with van der Waals surface area (Å²) in [5, 5.41) is 0. The highest BCUT2D eigenvalue weighted by atomic mass is 19.1. The average Bonchev–Trinajstić information content (AvgIpc) is 2.47. The van der Waals surface area contributed by atoms with Gasteiger partial charge < -0.3 is 5.73 Å². The molecule has 0 radical (unpaired) electrons. The predicted octanol–water partition coefficient (Wildman–Crippen LogP) is 3.67. The molecule has 0 amide bonds. The smallest absolute Gasteiger partial charge is 0.130 e. The quantitative estimate of drug-likeness (QED) is 0.854. The third-order valence-electron chi connectivity index (χ3n) is 4.30. The SMILES string of the molecule is CC(c1c(F)cccc1F)N1CCc2cccc(N)c2C1. The van der Waals surface area contributed by atoms with Crippen LogP contribution in [0.4, 0.5) is 14.5 Å². The Morgan fingerprint density at radius 1 is 1.10 bits per heavy atom. The summed E-state index contributed by atoms with van der Waals surface area (Å²) in [6.07, 6.45) is 0.848. The molecular weight excluding hydrogens is 270 g/mol. The van der Waals surface area contributed by atoms with Crippen LogP contribution in [0.3, 0.4) is 0 Å². The van der Waals surface area contributed by atoms with E-state index in [2.05, 4.69) is 11.0 Å². The highest BCUT2D eigenvalue weighted by Crippen LogP contribution is 2.32. The van der Waals surface area contributed by atoms with Crippen LogP contribution in [-0.2, 0) is 13.0 Å². The van der Waals surface area contributed by atoms with Gasteiger partial charge in [-0.25, -0.2) is 8.78 Å². The first-order chi connectivity index (χ1) is 10.1. The number of rotatable bonds is 2. The van der Waals surface area contributed by atoms with Gasteiger partial charge in [-0.05, 0) is 42.7 Å². The maximum Gasteiger partial charge on any atom is 0.130 e. The van der Waals surface area contributed by atoms with Crippen molar-refractivity contribution in [1.29, 1.82) is 0 Å². The maximum absolute atomic E-state index is 13.9. The molecular formula is C17H18F2N2. The van der Waals surface area contributed by atoms with Gasteiger partial charge in [-0.2, -0.15) is 0 Å². The molecule has 0 spiro atoms. The van der Waals surface area contributed by atoms with E-state index in [9.17, 15) is 8.78 Å². The molecule has 0 saturated heterocycles. The zero-order valence-electron chi connectivity index (χ0n) is 11.9. The summed E-state index contributed by atoms with van der Waals surface area (Å²) < 4.78 is 27.9. The van der Waals surface area contributed by atoms with Gasteiger partial charge in [0.15, 0.2) is 0 Å². The summed E-state index contributed by atoms with van der Waals surface area (Å²) in [4.78, 5) is 2.07. The Balaban J connectivity index is 1.91. The van der Waals surface area contributed by atoms with Gasteiger partial charge in [0.2, 0.25) is 0 Å². The molecule has 0 bridgehead atoms. The Kier molecular flexibility index (Phi) is 3.64.